The molecule has 1 saturated heterocycles. The Bertz CT molecular complexity index is 650. The zero-order valence-electron chi connectivity index (χ0n) is 12.9. The third kappa shape index (κ3) is 3.90. The maximum absolute atomic E-state index is 13.6. The predicted octanol–water partition coefficient (Wildman–Crippen LogP) is 4.80. The van der Waals surface area contributed by atoms with Crippen molar-refractivity contribution < 1.29 is 17.6 Å². The molecule has 0 unspecified atom stereocenters. The largest absolute Gasteiger partial charge is 0.317 e. The van der Waals surface area contributed by atoms with Crippen LogP contribution in [0.5, 0.6) is 0 Å². The molecule has 1 heterocycles. The lowest BCUT2D eigenvalue weighted by Crippen LogP contribution is -2.31. The number of rotatable bonds is 3. The summed E-state index contributed by atoms with van der Waals surface area (Å²) in [4.78, 5) is 0. The van der Waals surface area contributed by atoms with Crippen molar-refractivity contribution in [2.24, 2.45) is 5.92 Å². The van der Waals surface area contributed by atoms with Gasteiger partial charge in [-0.15, -0.1) is 12.4 Å². The van der Waals surface area contributed by atoms with Crippen molar-refractivity contribution in [3.63, 3.8) is 0 Å². The van der Waals surface area contributed by atoms with Crippen molar-refractivity contribution in [1.29, 1.82) is 0 Å². The molecule has 1 nitrogen and oxygen atoms in total. The first kappa shape index (κ1) is 18.7. The van der Waals surface area contributed by atoms with Crippen molar-refractivity contribution in [2.45, 2.75) is 18.8 Å². The van der Waals surface area contributed by atoms with Gasteiger partial charge in [0.1, 0.15) is 0 Å². The molecule has 1 N–H and O–H groups in total. The summed E-state index contributed by atoms with van der Waals surface area (Å²) in [5.41, 5.74) is 1.17. The van der Waals surface area contributed by atoms with E-state index in [9.17, 15) is 17.6 Å². The van der Waals surface area contributed by atoms with E-state index < -0.39 is 23.3 Å². The summed E-state index contributed by atoms with van der Waals surface area (Å²) in [5.74, 6) is -3.81. The monoisotopic (exact) mass is 359 g/mol. The molecule has 0 aromatic heterocycles. The van der Waals surface area contributed by atoms with E-state index in [4.69, 9.17) is 0 Å². The van der Waals surface area contributed by atoms with Crippen LogP contribution in [0.15, 0.2) is 36.4 Å². The molecule has 1 aliphatic heterocycles. The van der Waals surface area contributed by atoms with Crippen molar-refractivity contribution in [1.82, 2.24) is 5.32 Å². The lowest BCUT2D eigenvalue weighted by atomic mass is 9.76. The Morgan fingerprint density at radius 2 is 1.21 bits per heavy atom. The third-order valence-corrected chi connectivity index (χ3v) is 4.46. The van der Waals surface area contributed by atoms with Crippen LogP contribution in [0.2, 0.25) is 0 Å². The topological polar surface area (TPSA) is 12.0 Å². The van der Waals surface area contributed by atoms with Crippen molar-refractivity contribution in [3.8, 4) is 0 Å². The highest BCUT2D eigenvalue weighted by Gasteiger charge is 2.28. The maximum atomic E-state index is 13.6. The van der Waals surface area contributed by atoms with Crippen LogP contribution in [0, 0.1) is 29.2 Å². The number of halogens is 5. The molecule has 24 heavy (non-hydrogen) atoms. The molecule has 0 radical (unpaired) electrons. The van der Waals surface area contributed by atoms with E-state index in [1.807, 2.05) is 0 Å². The highest BCUT2D eigenvalue weighted by Crippen LogP contribution is 2.37. The Balaban J connectivity index is 0.00000208. The van der Waals surface area contributed by atoms with Crippen LogP contribution in [0.4, 0.5) is 17.6 Å². The second-order valence-corrected chi connectivity index (χ2v) is 5.91. The first-order chi connectivity index (χ1) is 11.1. The first-order valence-electron chi connectivity index (χ1n) is 7.67. The van der Waals surface area contributed by atoms with Gasteiger partial charge in [0, 0.05) is 5.92 Å². The maximum Gasteiger partial charge on any atom is 0.159 e. The van der Waals surface area contributed by atoms with Crippen LogP contribution in [-0.4, -0.2) is 13.1 Å². The molecule has 6 heteroatoms. The SMILES string of the molecule is Cl.Fc1ccc(C(c2ccc(F)c(F)c2)C2CCNCC2)cc1F. The van der Waals surface area contributed by atoms with Crippen LogP contribution in [0.1, 0.15) is 29.9 Å². The zero-order chi connectivity index (χ0) is 16.4. The molecule has 130 valence electrons. The molecular formula is C18H18ClF4N. The molecule has 2 aromatic rings. The van der Waals surface area contributed by atoms with Crippen LogP contribution >= 0.6 is 12.4 Å². The van der Waals surface area contributed by atoms with Gasteiger partial charge in [-0.3, -0.25) is 0 Å². The molecule has 1 aliphatic rings. The average Bonchev–Trinajstić information content (AvgIpc) is 2.55. The molecule has 1 fully saturated rings. The Morgan fingerprint density at radius 1 is 0.750 bits per heavy atom. The van der Waals surface area contributed by atoms with E-state index in [0.717, 1.165) is 50.2 Å². The highest BCUT2D eigenvalue weighted by atomic mass is 35.5. The zero-order valence-corrected chi connectivity index (χ0v) is 13.7. The fraction of sp³-hybridized carbons (Fsp3) is 0.333. The minimum absolute atomic E-state index is 0. The van der Waals surface area contributed by atoms with Crippen molar-refractivity contribution in [2.75, 3.05) is 13.1 Å². The summed E-state index contributed by atoms with van der Waals surface area (Å²) >= 11 is 0. The summed E-state index contributed by atoms with van der Waals surface area (Å²) in [6.07, 6.45) is 1.67. The number of hydrogen-bond acceptors (Lipinski definition) is 1. The predicted molar refractivity (Wildman–Crippen MR) is 87.4 cm³/mol. The van der Waals surface area contributed by atoms with Gasteiger partial charge in [0.05, 0.1) is 0 Å². The Hall–Kier alpha value is -1.59. The van der Waals surface area contributed by atoms with E-state index in [2.05, 4.69) is 5.32 Å². The summed E-state index contributed by atoms with van der Waals surface area (Å²) < 4.78 is 53.7. The summed E-state index contributed by atoms with van der Waals surface area (Å²) in [6.45, 7) is 1.63. The first-order valence-corrected chi connectivity index (χ1v) is 7.67. The molecule has 0 bridgehead atoms. The second-order valence-electron chi connectivity index (χ2n) is 5.91. The van der Waals surface area contributed by atoms with Crippen LogP contribution in [-0.2, 0) is 0 Å². The van der Waals surface area contributed by atoms with Gasteiger partial charge >= 0.3 is 0 Å². The standard InChI is InChI=1S/C18H17F4N.ClH/c19-14-3-1-12(9-16(14)21)18(11-5-7-23-8-6-11)13-2-4-15(20)17(22)10-13;/h1-4,9-11,18,23H,5-8H2;1H. The van der Waals surface area contributed by atoms with Gasteiger partial charge in [-0.05, 0) is 67.2 Å². The molecular weight excluding hydrogens is 342 g/mol. The van der Waals surface area contributed by atoms with Gasteiger partial charge in [0.25, 0.3) is 0 Å². The third-order valence-electron chi connectivity index (χ3n) is 4.46. The summed E-state index contributed by atoms with van der Waals surface area (Å²) in [6, 6.07) is 7.52. The number of nitrogens with one attached hydrogen (secondary N) is 1. The molecule has 0 aliphatic carbocycles. The normalized spacial score (nSPS) is 15.4. The minimum Gasteiger partial charge on any atom is -0.317 e. The molecule has 0 atom stereocenters. The second kappa shape index (κ2) is 7.99. The van der Waals surface area contributed by atoms with Gasteiger partial charge in [-0.1, -0.05) is 12.1 Å². The summed E-state index contributed by atoms with van der Waals surface area (Å²) in [5, 5.41) is 3.25. The fourth-order valence-corrected chi connectivity index (χ4v) is 3.33. The lowest BCUT2D eigenvalue weighted by molar-refractivity contribution is 0.340. The van der Waals surface area contributed by atoms with E-state index in [-0.39, 0.29) is 24.2 Å². The van der Waals surface area contributed by atoms with E-state index in [1.165, 1.54) is 12.1 Å². The van der Waals surface area contributed by atoms with E-state index in [0.29, 0.717) is 11.1 Å². The van der Waals surface area contributed by atoms with Gasteiger partial charge in [0.15, 0.2) is 23.3 Å². The smallest absolute Gasteiger partial charge is 0.159 e. The molecule has 2 aromatic carbocycles. The average molecular weight is 360 g/mol. The lowest BCUT2D eigenvalue weighted by Gasteiger charge is -2.31. The van der Waals surface area contributed by atoms with Gasteiger partial charge < -0.3 is 5.32 Å². The van der Waals surface area contributed by atoms with E-state index >= 15 is 0 Å². The molecule has 0 amide bonds. The number of piperidine rings is 1. The van der Waals surface area contributed by atoms with Gasteiger partial charge in [0.2, 0.25) is 0 Å². The Labute approximate surface area is 144 Å². The van der Waals surface area contributed by atoms with E-state index in [1.54, 1.807) is 0 Å². The van der Waals surface area contributed by atoms with Gasteiger partial charge in [-0.25, -0.2) is 17.6 Å². The Morgan fingerprint density at radius 3 is 1.62 bits per heavy atom. The fourth-order valence-electron chi connectivity index (χ4n) is 3.33. The molecule has 3 rings (SSSR count). The van der Waals surface area contributed by atoms with Crippen LogP contribution in [0.3, 0.4) is 0 Å². The van der Waals surface area contributed by atoms with Crippen LogP contribution < -0.4 is 5.32 Å². The van der Waals surface area contributed by atoms with Crippen LogP contribution in [0.25, 0.3) is 0 Å². The minimum atomic E-state index is -0.927. The number of benzene rings is 2. The molecule has 0 spiro atoms. The quantitative estimate of drug-likeness (QED) is 0.776. The van der Waals surface area contributed by atoms with Crippen molar-refractivity contribution in [3.05, 3.63) is 70.8 Å². The molecule has 0 saturated carbocycles. The number of hydrogen-bond donors (Lipinski definition) is 1. The van der Waals surface area contributed by atoms with Crippen molar-refractivity contribution >= 4 is 12.4 Å². The van der Waals surface area contributed by atoms with Gasteiger partial charge in [-0.2, -0.15) is 0 Å². The summed E-state index contributed by atoms with van der Waals surface area (Å²) in [7, 11) is 0. The highest BCUT2D eigenvalue weighted by molar-refractivity contribution is 5.85. The Kier molecular flexibility index (Phi) is 6.24.